The Bertz CT molecular complexity index is 124. The van der Waals surface area contributed by atoms with Gasteiger partial charge in [-0.05, 0) is 0 Å². The Labute approximate surface area is 56.3 Å². The summed E-state index contributed by atoms with van der Waals surface area (Å²) < 4.78 is -1.26. The quantitative estimate of drug-likeness (QED) is 0.475. The second kappa shape index (κ2) is 1.76. The smallest absolute Gasteiger partial charge is 0.271 e. The SMILES string of the molecule is O=C1NNCC1(Cl)Cl. The van der Waals surface area contributed by atoms with Crippen molar-refractivity contribution in [1.82, 2.24) is 10.9 Å². The Hall–Kier alpha value is 0.01000. The molecule has 0 atom stereocenters. The molecule has 0 radical (unpaired) electrons. The predicted molar refractivity (Wildman–Crippen MR) is 30.6 cm³/mol. The van der Waals surface area contributed by atoms with Crippen LogP contribution in [0.15, 0.2) is 0 Å². The molecule has 1 rings (SSSR count). The molecule has 0 saturated carbocycles. The van der Waals surface area contributed by atoms with Crippen LogP contribution in [0.1, 0.15) is 0 Å². The molecule has 0 bridgehead atoms. The van der Waals surface area contributed by atoms with E-state index in [1.54, 1.807) is 0 Å². The number of alkyl halides is 2. The van der Waals surface area contributed by atoms with Crippen LogP contribution in [0.25, 0.3) is 0 Å². The number of amides is 1. The highest BCUT2D eigenvalue weighted by molar-refractivity contribution is 6.58. The molecule has 0 aliphatic carbocycles. The zero-order valence-electron chi connectivity index (χ0n) is 3.87. The van der Waals surface area contributed by atoms with E-state index in [1.165, 1.54) is 0 Å². The van der Waals surface area contributed by atoms with Gasteiger partial charge in [0.25, 0.3) is 5.91 Å². The summed E-state index contributed by atoms with van der Waals surface area (Å²) in [5.74, 6) is -0.388. The number of rotatable bonds is 0. The van der Waals surface area contributed by atoms with Gasteiger partial charge >= 0.3 is 0 Å². The largest absolute Gasteiger partial charge is 0.289 e. The molecule has 0 unspecified atom stereocenters. The molecule has 1 heterocycles. The van der Waals surface area contributed by atoms with E-state index in [1.807, 2.05) is 0 Å². The minimum absolute atomic E-state index is 0.259. The number of hydrogen-bond donors (Lipinski definition) is 2. The summed E-state index contributed by atoms with van der Waals surface area (Å²) in [7, 11) is 0. The van der Waals surface area contributed by atoms with Crippen LogP contribution in [0.4, 0.5) is 0 Å². The molecular weight excluding hydrogens is 151 g/mol. The second-order valence-corrected chi connectivity index (χ2v) is 3.00. The first-order valence-electron chi connectivity index (χ1n) is 2.04. The van der Waals surface area contributed by atoms with Crippen molar-refractivity contribution < 1.29 is 4.79 Å². The van der Waals surface area contributed by atoms with Gasteiger partial charge in [-0.15, -0.1) is 0 Å². The van der Waals surface area contributed by atoms with Gasteiger partial charge in [0, 0.05) is 0 Å². The monoisotopic (exact) mass is 154 g/mol. The van der Waals surface area contributed by atoms with Crippen LogP contribution in [0, 0.1) is 0 Å². The van der Waals surface area contributed by atoms with E-state index in [9.17, 15) is 4.79 Å². The third-order valence-corrected chi connectivity index (χ3v) is 1.46. The van der Waals surface area contributed by atoms with Crippen LogP contribution >= 0.6 is 23.2 Å². The van der Waals surface area contributed by atoms with Crippen LogP contribution in [0.3, 0.4) is 0 Å². The van der Waals surface area contributed by atoms with Gasteiger partial charge in [0.1, 0.15) is 0 Å². The number of carbonyl (C=O) groups excluding carboxylic acids is 1. The standard InChI is InChI=1S/C3H4Cl2N2O/c4-3(5)1-6-7-2(3)8/h6H,1H2,(H,7,8). The highest BCUT2D eigenvalue weighted by Crippen LogP contribution is 2.21. The fraction of sp³-hybridized carbons (Fsp3) is 0.667. The lowest BCUT2D eigenvalue weighted by molar-refractivity contribution is -0.120. The Kier molecular flexibility index (Phi) is 1.35. The first-order valence-corrected chi connectivity index (χ1v) is 2.80. The molecule has 0 aromatic heterocycles. The van der Waals surface area contributed by atoms with Gasteiger partial charge in [-0.1, -0.05) is 23.2 Å². The second-order valence-electron chi connectivity index (χ2n) is 1.51. The van der Waals surface area contributed by atoms with E-state index >= 15 is 0 Å². The maximum atomic E-state index is 10.5. The average Bonchev–Trinajstić information content (AvgIpc) is 1.86. The molecule has 1 saturated heterocycles. The highest BCUT2D eigenvalue weighted by Gasteiger charge is 2.38. The molecule has 1 aliphatic heterocycles. The number of hydrazine groups is 1. The minimum atomic E-state index is -1.26. The van der Waals surface area contributed by atoms with Crippen LogP contribution in [-0.4, -0.2) is 16.8 Å². The van der Waals surface area contributed by atoms with Crippen molar-refractivity contribution in [2.45, 2.75) is 4.33 Å². The first-order chi connectivity index (χ1) is 3.63. The number of hydrogen-bond acceptors (Lipinski definition) is 2. The number of halogens is 2. The van der Waals surface area contributed by atoms with Crippen molar-refractivity contribution in [1.29, 1.82) is 0 Å². The lowest BCUT2D eigenvalue weighted by Gasteiger charge is -2.02. The molecule has 0 aromatic rings. The van der Waals surface area contributed by atoms with Crippen molar-refractivity contribution in [3.05, 3.63) is 0 Å². The zero-order valence-corrected chi connectivity index (χ0v) is 5.38. The van der Waals surface area contributed by atoms with E-state index in [4.69, 9.17) is 23.2 Å². The van der Waals surface area contributed by atoms with Gasteiger partial charge in [-0.3, -0.25) is 10.2 Å². The molecule has 8 heavy (non-hydrogen) atoms. The Morgan fingerprint density at radius 1 is 1.62 bits per heavy atom. The lowest BCUT2D eigenvalue weighted by atomic mass is 10.4. The zero-order chi connectivity index (χ0) is 6.20. The summed E-state index contributed by atoms with van der Waals surface area (Å²) in [6.07, 6.45) is 0. The van der Waals surface area contributed by atoms with Crippen LogP contribution in [-0.2, 0) is 4.79 Å². The van der Waals surface area contributed by atoms with Crippen molar-refractivity contribution >= 4 is 29.1 Å². The summed E-state index contributed by atoms with van der Waals surface area (Å²) in [6.45, 7) is 0.259. The molecule has 1 aliphatic rings. The molecular formula is C3H4Cl2N2O. The Morgan fingerprint density at radius 3 is 2.38 bits per heavy atom. The summed E-state index contributed by atoms with van der Waals surface area (Å²) in [4.78, 5) is 10.5. The summed E-state index contributed by atoms with van der Waals surface area (Å²) in [6, 6.07) is 0. The summed E-state index contributed by atoms with van der Waals surface area (Å²) in [5, 5.41) is 0. The van der Waals surface area contributed by atoms with Crippen molar-refractivity contribution in [2.24, 2.45) is 0 Å². The van der Waals surface area contributed by atoms with Crippen LogP contribution < -0.4 is 10.9 Å². The lowest BCUT2D eigenvalue weighted by Crippen LogP contribution is -2.29. The van der Waals surface area contributed by atoms with E-state index in [0.717, 1.165) is 0 Å². The van der Waals surface area contributed by atoms with Crippen molar-refractivity contribution in [2.75, 3.05) is 6.54 Å². The average molecular weight is 155 g/mol. The third kappa shape index (κ3) is 0.891. The first kappa shape index (κ1) is 6.13. The Morgan fingerprint density at radius 2 is 2.25 bits per heavy atom. The third-order valence-electron chi connectivity index (χ3n) is 0.845. The molecule has 1 fully saturated rings. The van der Waals surface area contributed by atoms with Crippen molar-refractivity contribution in [3.8, 4) is 0 Å². The molecule has 1 amide bonds. The van der Waals surface area contributed by atoms with Gasteiger partial charge in [0.05, 0.1) is 6.54 Å². The maximum Gasteiger partial charge on any atom is 0.271 e. The highest BCUT2D eigenvalue weighted by atomic mass is 35.5. The van der Waals surface area contributed by atoms with E-state index in [-0.39, 0.29) is 12.5 Å². The fourth-order valence-electron chi connectivity index (χ4n) is 0.407. The molecule has 0 aromatic carbocycles. The summed E-state index contributed by atoms with van der Waals surface area (Å²) in [5.41, 5.74) is 4.76. The van der Waals surface area contributed by atoms with Crippen LogP contribution in [0.5, 0.6) is 0 Å². The Balaban J connectivity index is 2.68. The van der Waals surface area contributed by atoms with E-state index in [0.29, 0.717) is 0 Å². The minimum Gasteiger partial charge on any atom is -0.289 e. The molecule has 46 valence electrons. The van der Waals surface area contributed by atoms with Gasteiger partial charge < -0.3 is 0 Å². The molecule has 0 spiro atoms. The molecule has 5 heteroatoms. The number of carbonyl (C=O) groups is 1. The van der Waals surface area contributed by atoms with Gasteiger partial charge in [-0.25, -0.2) is 5.43 Å². The number of nitrogens with one attached hydrogen (secondary N) is 2. The van der Waals surface area contributed by atoms with Crippen LogP contribution in [0.2, 0.25) is 0 Å². The normalized spacial score (nSPS) is 25.5. The van der Waals surface area contributed by atoms with E-state index in [2.05, 4.69) is 10.9 Å². The topological polar surface area (TPSA) is 41.1 Å². The van der Waals surface area contributed by atoms with Crippen molar-refractivity contribution in [3.63, 3.8) is 0 Å². The van der Waals surface area contributed by atoms with Gasteiger partial charge in [0.15, 0.2) is 0 Å². The predicted octanol–water partition coefficient (Wildman–Crippen LogP) is -0.205. The molecule has 3 nitrogen and oxygen atoms in total. The molecule has 2 N–H and O–H groups in total. The maximum absolute atomic E-state index is 10.5. The van der Waals surface area contributed by atoms with E-state index < -0.39 is 4.33 Å². The fourth-order valence-corrected chi connectivity index (χ4v) is 0.635. The van der Waals surface area contributed by atoms with Gasteiger partial charge in [-0.2, -0.15) is 0 Å². The van der Waals surface area contributed by atoms with Gasteiger partial charge in [0.2, 0.25) is 4.33 Å². The summed E-state index contributed by atoms with van der Waals surface area (Å²) >= 11 is 10.8.